The number of amides is 2. The van der Waals surface area contributed by atoms with Crippen LogP contribution in [-0.4, -0.2) is 62.3 Å². The van der Waals surface area contributed by atoms with E-state index in [-0.39, 0.29) is 34.3 Å². The van der Waals surface area contributed by atoms with E-state index < -0.39 is 23.4 Å². The first-order valence-corrected chi connectivity index (χ1v) is 18.2. The van der Waals surface area contributed by atoms with Gasteiger partial charge in [0.2, 0.25) is 5.88 Å². The normalized spacial score (nSPS) is 19.7. The summed E-state index contributed by atoms with van der Waals surface area (Å²) in [6.45, 7) is 4.18. The number of rotatable bonds is 7. The molecule has 54 heavy (non-hydrogen) atoms. The Balaban J connectivity index is 1.14. The number of urea groups is 1. The zero-order valence-electron chi connectivity index (χ0n) is 30.2. The maximum absolute atomic E-state index is 14.0. The van der Waals surface area contributed by atoms with Gasteiger partial charge in [-0.05, 0) is 67.5 Å². The highest BCUT2D eigenvalue weighted by Gasteiger charge is 2.45. The van der Waals surface area contributed by atoms with Crippen LogP contribution < -0.4 is 31.9 Å². The molecule has 2 atom stereocenters. The van der Waals surface area contributed by atoms with Gasteiger partial charge in [-0.25, -0.2) is 28.3 Å². The summed E-state index contributed by atoms with van der Waals surface area (Å²) in [6, 6.07) is 14.4. The van der Waals surface area contributed by atoms with Crippen LogP contribution in [0.2, 0.25) is 5.02 Å². The van der Waals surface area contributed by atoms with Crippen LogP contribution in [0, 0.1) is 6.92 Å². The van der Waals surface area contributed by atoms with Crippen LogP contribution in [0.5, 0.6) is 5.88 Å². The van der Waals surface area contributed by atoms with Crippen molar-refractivity contribution < 1.29 is 18.3 Å². The lowest BCUT2D eigenvalue weighted by Gasteiger charge is -2.36. The van der Waals surface area contributed by atoms with Gasteiger partial charge in [-0.1, -0.05) is 41.9 Å². The van der Waals surface area contributed by atoms with E-state index in [1.807, 2.05) is 31.2 Å². The minimum atomic E-state index is -2.93. The minimum absolute atomic E-state index is 0.00925. The Labute approximate surface area is 314 Å². The lowest BCUT2D eigenvalue weighted by Crippen LogP contribution is -2.59. The van der Waals surface area contributed by atoms with Crippen molar-refractivity contribution in [3.63, 3.8) is 0 Å². The molecule has 280 valence electrons. The van der Waals surface area contributed by atoms with E-state index in [9.17, 15) is 23.2 Å². The predicted molar refractivity (Wildman–Crippen MR) is 203 cm³/mol. The van der Waals surface area contributed by atoms with Crippen LogP contribution in [0.4, 0.5) is 25.1 Å². The molecular formula is C39H39ClF2N8O4. The molecule has 0 bridgehead atoms. The number of likely N-dealkylation sites (tertiary alicyclic amines) is 1. The maximum atomic E-state index is 14.0. The number of aromatic nitrogens is 4. The standard InChI is InChI=1S/C39H39ClF2N8O4/c1-20-22(7-6-10-25(20)44-34-31-29(18-27(45-34)33(41)42)48(2)38(53)49(3)36(31)51)23-8-5-9-24(32(23)40)26-17-21-11-12-28(30(21)35(46-26)54-4)50-16-14-39(19-50)13-15-43-37(52)47-39/h5-10,17-18,28,33H,11-16,19H2,1-4H3,(H,44,45)(H2,43,47,52)/t28-,39+/m0/s1. The highest BCUT2D eigenvalue weighted by Crippen LogP contribution is 2.46. The molecular weight excluding hydrogens is 718 g/mol. The zero-order valence-corrected chi connectivity index (χ0v) is 31.0. The number of alkyl halides is 2. The molecule has 3 N–H and O–H groups in total. The SMILES string of the molecule is COc1nc(-c2cccc(-c3cccc(Nc4nc(C(F)F)cc5c4c(=O)n(C)c(=O)n5C)c3C)c2Cl)cc2c1[C@@H](N1CC[C@]3(CCNC(=O)N3)C1)CC2. The number of ether oxygens (including phenoxy) is 1. The van der Waals surface area contributed by atoms with E-state index in [2.05, 4.69) is 31.9 Å². The summed E-state index contributed by atoms with van der Waals surface area (Å²) in [6.07, 6.45) is 0.612. The van der Waals surface area contributed by atoms with Gasteiger partial charge in [-0.3, -0.25) is 18.8 Å². The number of pyridine rings is 2. The highest BCUT2D eigenvalue weighted by atomic mass is 35.5. The topological polar surface area (TPSA) is 135 Å². The largest absolute Gasteiger partial charge is 0.481 e. The molecule has 2 saturated heterocycles. The number of carbonyl (C=O) groups excluding carboxylic acids is 1. The molecule has 2 aromatic carbocycles. The van der Waals surface area contributed by atoms with E-state index in [0.29, 0.717) is 28.8 Å². The Morgan fingerprint density at radius 3 is 2.54 bits per heavy atom. The zero-order chi connectivity index (χ0) is 38.1. The molecule has 5 heterocycles. The second-order valence-electron chi connectivity index (χ2n) is 14.3. The monoisotopic (exact) mass is 756 g/mol. The molecule has 5 aromatic rings. The van der Waals surface area contributed by atoms with Crippen molar-refractivity contribution in [3.05, 3.63) is 96.8 Å². The number of anilines is 2. The van der Waals surface area contributed by atoms with Gasteiger partial charge >= 0.3 is 11.7 Å². The Hall–Kier alpha value is -5.34. The molecule has 0 radical (unpaired) electrons. The molecule has 1 aliphatic carbocycles. The second kappa shape index (κ2) is 13.5. The van der Waals surface area contributed by atoms with E-state index in [0.717, 1.165) is 87.4 Å². The fourth-order valence-electron chi connectivity index (χ4n) is 8.42. The molecule has 12 nitrogen and oxygen atoms in total. The number of aryl methyl sites for hydroxylation is 2. The Morgan fingerprint density at radius 2 is 1.78 bits per heavy atom. The van der Waals surface area contributed by atoms with Gasteiger partial charge in [0.1, 0.15) is 16.9 Å². The van der Waals surface area contributed by atoms with Gasteiger partial charge in [0.15, 0.2) is 0 Å². The molecule has 2 aliphatic heterocycles. The Kier molecular flexibility index (Phi) is 8.92. The number of fused-ring (bicyclic) bond motifs is 2. The summed E-state index contributed by atoms with van der Waals surface area (Å²) in [7, 11) is 4.39. The van der Waals surface area contributed by atoms with Gasteiger partial charge in [-0.2, -0.15) is 0 Å². The maximum Gasteiger partial charge on any atom is 0.330 e. The fourth-order valence-corrected chi connectivity index (χ4v) is 8.74. The van der Waals surface area contributed by atoms with E-state index in [1.165, 1.54) is 14.1 Å². The molecule has 2 fully saturated rings. The van der Waals surface area contributed by atoms with Crippen LogP contribution in [0.25, 0.3) is 33.3 Å². The summed E-state index contributed by atoms with van der Waals surface area (Å²) in [5.41, 5.74) is 4.31. The van der Waals surface area contributed by atoms with Gasteiger partial charge in [0, 0.05) is 62.1 Å². The summed E-state index contributed by atoms with van der Waals surface area (Å²) >= 11 is 7.22. The number of carbonyl (C=O) groups is 1. The van der Waals surface area contributed by atoms with Crippen molar-refractivity contribution >= 4 is 40.0 Å². The number of hydrogen-bond donors (Lipinski definition) is 3. The van der Waals surface area contributed by atoms with Crippen molar-refractivity contribution in [1.29, 1.82) is 0 Å². The second-order valence-corrected chi connectivity index (χ2v) is 14.7. The van der Waals surface area contributed by atoms with Crippen molar-refractivity contribution in [2.24, 2.45) is 14.1 Å². The van der Waals surface area contributed by atoms with Crippen LogP contribution in [0.3, 0.4) is 0 Å². The van der Waals surface area contributed by atoms with Crippen LogP contribution in [0.1, 0.15) is 54.1 Å². The Bertz CT molecular complexity index is 2490. The Morgan fingerprint density at radius 1 is 1.02 bits per heavy atom. The van der Waals surface area contributed by atoms with E-state index in [4.69, 9.17) is 21.3 Å². The third kappa shape index (κ3) is 5.88. The van der Waals surface area contributed by atoms with Crippen LogP contribution >= 0.6 is 11.6 Å². The first-order valence-electron chi connectivity index (χ1n) is 17.8. The molecule has 2 amide bonds. The summed E-state index contributed by atoms with van der Waals surface area (Å²) in [5, 5.41) is 9.65. The van der Waals surface area contributed by atoms with Gasteiger partial charge in [0.25, 0.3) is 12.0 Å². The number of hydrogen-bond acceptors (Lipinski definition) is 8. The van der Waals surface area contributed by atoms with Crippen LogP contribution in [0.15, 0.2) is 58.1 Å². The third-order valence-electron chi connectivity index (χ3n) is 11.3. The molecule has 8 rings (SSSR count). The van der Waals surface area contributed by atoms with Crippen molar-refractivity contribution in [1.82, 2.24) is 34.6 Å². The van der Waals surface area contributed by atoms with Crippen LogP contribution in [-0.2, 0) is 20.5 Å². The van der Waals surface area contributed by atoms with Gasteiger partial charge < -0.3 is 20.7 Å². The molecule has 1 spiro atoms. The average Bonchev–Trinajstić information content (AvgIpc) is 3.77. The van der Waals surface area contributed by atoms with E-state index in [1.54, 1.807) is 19.2 Å². The predicted octanol–water partition coefficient (Wildman–Crippen LogP) is 6.15. The smallest absolute Gasteiger partial charge is 0.330 e. The van der Waals surface area contributed by atoms with Crippen molar-refractivity contribution in [2.75, 3.05) is 32.1 Å². The molecule has 0 saturated carbocycles. The number of benzene rings is 2. The summed E-state index contributed by atoms with van der Waals surface area (Å²) < 4.78 is 36.0. The highest BCUT2D eigenvalue weighted by molar-refractivity contribution is 6.36. The summed E-state index contributed by atoms with van der Waals surface area (Å²) in [4.78, 5) is 49.7. The van der Waals surface area contributed by atoms with Gasteiger partial charge in [0.05, 0.1) is 28.9 Å². The number of nitrogens with zero attached hydrogens (tertiary/aromatic N) is 5. The molecule has 0 unspecified atom stereocenters. The number of methoxy groups -OCH3 is 1. The third-order valence-corrected chi connectivity index (χ3v) is 11.7. The lowest BCUT2D eigenvalue weighted by molar-refractivity contribution is 0.146. The van der Waals surface area contributed by atoms with E-state index >= 15 is 0 Å². The molecule has 15 heteroatoms. The summed E-state index contributed by atoms with van der Waals surface area (Å²) in [5.74, 6) is 0.468. The quantitative estimate of drug-likeness (QED) is 0.180. The first kappa shape index (κ1) is 35.7. The number of halogens is 3. The molecule has 3 aliphatic rings. The van der Waals surface area contributed by atoms with Crippen molar-refractivity contribution in [2.45, 2.75) is 50.6 Å². The average molecular weight is 757 g/mol. The first-order chi connectivity index (χ1) is 25.9. The number of nitrogens with one attached hydrogen (secondary N) is 3. The minimum Gasteiger partial charge on any atom is -0.481 e. The fraction of sp³-hybridized carbons (Fsp3) is 0.359. The van der Waals surface area contributed by atoms with Crippen molar-refractivity contribution in [3.8, 4) is 28.3 Å². The van der Waals surface area contributed by atoms with Gasteiger partial charge in [-0.15, -0.1) is 0 Å². The molecule has 3 aromatic heterocycles. The lowest BCUT2D eigenvalue weighted by atomic mass is 9.93.